The number of benzene rings is 2. The van der Waals surface area contributed by atoms with Crippen molar-refractivity contribution in [3.05, 3.63) is 94.6 Å². The first-order chi connectivity index (χ1) is 12.5. The second-order valence-corrected chi connectivity index (χ2v) is 6.31. The van der Waals surface area contributed by atoms with E-state index >= 15 is 0 Å². The maximum atomic E-state index is 13.0. The number of nitrogens with one attached hydrogen (secondary N) is 1. The summed E-state index contributed by atoms with van der Waals surface area (Å²) >= 11 is 0. The van der Waals surface area contributed by atoms with Gasteiger partial charge in [-0.05, 0) is 68.5 Å². The van der Waals surface area contributed by atoms with Crippen LogP contribution in [0.4, 0.5) is 5.69 Å². The molecule has 134 valence electrons. The number of carbonyl (C=O) groups is 1. The van der Waals surface area contributed by atoms with Crippen molar-refractivity contribution in [2.75, 3.05) is 5.32 Å². The molecule has 0 saturated carbocycles. The highest BCUT2D eigenvalue weighted by Crippen LogP contribution is 2.32. The first-order valence-corrected chi connectivity index (χ1v) is 8.92. The van der Waals surface area contributed by atoms with Gasteiger partial charge in [-0.2, -0.15) is 0 Å². The highest BCUT2D eigenvalue weighted by atomic mass is 16.1. The lowest BCUT2D eigenvalue weighted by atomic mass is 9.88. The number of rotatable bonds is 5. The quantitative estimate of drug-likeness (QED) is 0.498. The number of amides is 1. The molecule has 0 aromatic heterocycles. The zero-order chi connectivity index (χ0) is 19.1. The van der Waals surface area contributed by atoms with Crippen molar-refractivity contribution < 1.29 is 4.79 Å². The zero-order valence-corrected chi connectivity index (χ0v) is 16.3. The minimum Gasteiger partial charge on any atom is -0.322 e. The molecule has 0 bridgehead atoms. The van der Waals surface area contributed by atoms with Crippen molar-refractivity contribution in [2.24, 2.45) is 0 Å². The van der Waals surface area contributed by atoms with Crippen LogP contribution in [0.25, 0.3) is 5.57 Å². The van der Waals surface area contributed by atoms with Crippen molar-refractivity contribution in [3.8, 4) is 0 Å². The summed E-state index contributed by atoms with van der Waals surface area (Å²) in [4.78, 5) is 13.0. The Morgan fingerprint density at radius 2 is 1.50 bits per heavy atom. The minimum atomic E-state index is -0.0820. The van der Waals surface area contributed by atoms with E-state index in [1.54, 1.807) is 0 Å². The molecule has 0 aliphatic rings. The van der Waals surface area contributed by atoms with Crippen LogP contribution in [0, 0.1) is 6.92 Å². The van der Waals surface area contributed by atoms with Gasteiger partial charge in [0.05, 0.1) is 0 Å². The Labute approximate surface area is 157 Å². The minimum absolute atomic E-state index is 0.0820. The van der Waals surface area contributed by atoms with Gasteiger partial charge >= 0.3 is 0 Å². The number of carbonyl (C=O) groups excluding carboxylic acids is 1. The Morgan fingerprint density at radius 1 is 0.885 bits per heavy atom. The second kappa shape index (κ2) is 9.00. The maximum Gasteiger partial charge on any atom is 0.251 e. The molecule has 2 heteroatoms. The number of anilines is 1. The normalized spacial score (nSPS) is 13.3. The van der Waals surface area contributed by atoms with Crippen LogP contribution in [-0.2, 0) is 4.79 Å². The van der Waals surface area contributed by atoms with Crippen LogP contribution in [0.3, 0.4) is 0 Å². The summed E-state index contributed by atoms with van der Waals surface area (Å²) in [5.41, 5.74) is 6.83. The van der Waals surface area contributed by atoms with Gasteiger partial charge < -0.3 is 5.32 Å². The predicted octanol–water partition coefficient (Wildman–Crippen LogP) is 6.32. The summed E-state index contributed by atoms with van der Waals surface area (Å²) in [6.45, 7) is 9.99. The van der Waals surface area contributed by atoms with Crippen LogP contribution >= 0.6 is 0 Å². The van der Waals surface area contributed by atoms with E-state index in [0.717, 1.165) is 33.5 Å². The number of hydrogen-bond acceptors (Lipinski definition) is 1. The standard InChI is InChI=1S/C24H27NO/c1-6-17(3)21(7-2)23(20-14-9-8-10-15-20)19(5)24(26)25-22-16-12-11-13-18(22)4/h6-16H,1-5H3,(H,25,26)/b17-6-,21-7+,23-19+. The van der Waals surface area contributed by atoms with Gasteiger partial charge in [-0.3, -0.25) is 4.79 Å². The van der Waals surface area contributed by atoms with Crippen LogP contribution in [-0.4, -0.2) is 5.91 Å². The molecule has 0 radical (unpaired) electrons. The van der Waals surface area contributed by atoms with Crippen molar-refractivity contribution in [1.82, 2.24) is 0 Å². The SMILES string of the molecule is C\C=C(C)/C(=C\C)C(=C(\C)C(=O)Nc1ccccc1C)/c1ccccc1. The summed E-state index contributed by atoms with van der Waals surface area (Å²) in [5.74, 6) is -0.0820. The summed E-state index contributed by atoms with van der Waals surface area (Å²) in [7, 11) is 0. The number of para-hydroxylation sites is 1. The molecule has 0 atom stereocenters. The number of aryl methyl sites for hydroxylation is 1. The van der Waals surface area contributed by atoms with Crippen molar-refractivity contribution in [3.63, 3.8) is 0 Å². The first kappa shape index (κ1) is 19.5. The monoisotopic (exact) mass is 345 g/mol. The third kappa shape index (κ3) is 4.40. The average molecular weight is 345 g/mol. The summed E-state index contributed by atoms with van der Waals surface area (Å²) < 4.78 is 0. The molecular weight excluding hydrogens is 318 g/mol. The molecule has 26 heavy (non-hydrogen) atoms. The van der Waals surface area contributed by atoms with Crippen molar-refractivity contribution in [2.45, 2.75) is 34.6 Å². The third-order valence-corrected chi connectivity index (χ3v) is 4.59. The zero-order valence-electron chi connectivity index (χ0n) is 16.3. The molecule has 0 spiro atoms. The van der Waals surface area contributed by atoms with Gasteiger partial charge in [-0.15, -0.1) is 0 Å². The van der Waals surface area contributed by atoms with Crippen molar-refractivity contribution >= 4 is 17.2 Å². The largest absolute Gasteiger partial charge is 0.322 e. The molecule has 1 amide bonds. The lowest BCUT2D eigenvalue weighted by Gasteiger charge is -2.18. The van der Waals surface area contributed by atoms with Crippen LogP contribution in [0.1, 0.15) is 38.8 Å². The first-order valence-electron chi connectivity index (χ1n) is 8.92. The van der Waals surface area contributed by atoms with Gasteiger partial charge in [0.1, 0.15) is 0 Å². The molecular formula is C24H27NO. The highest BCUT2D eigenvalue weighted by Gasteiger charge is 2.17. The predicted molar refractivity (Wildman–Crippen MR) is 112 cm³/mol. The van der Waals surface area contributed by atoms with Crippen LogP contribution in [0.15, 0.2) is 83.5 Å². The topological polar surface area (TPSA) is 29.1 Å². The Kier molecular flexibility index (Phi) is 6.74. The fourth-order valence-electron chi connectivity index (χ4n) is 2.95. The lowest BCUT2D eigenvalue weighted by Crippen LogP contribution is -2.15. The van der Waals surface area contributed by atoms with E-state index in [9.17, 15) is 4.79 Å². The molecule has 0 heterocycles. The van der Waals surface area contributed by atoms with E-state index in [4.69, 9.17) is 0 Å². The van der Waals surface area contributed by atoms with Crippen molar-refractivity contribution in [1.29, 1.82) is 0 Å². The molecule has 0 fully saturated rings. The van der Waals surface area contributed by atoms with Gasteiger partial charge in [0.15, 0.2) is 0 Å². The van der Waals surface area contributed by atoms with Crippen LogP contribution in [0.2, 0.25) is 0 Å². The lowest BCUT2D eigenvalue weighted by molar-refractivity contribution is -0.112. The molecule has 0 aliphatic heterocycles. The van der Waals surface area contributed by atoms with Gasteiger partial charge in [0.25, 0.3) is 5.91 Å². The summed E-state index contributed by atoms with van der Waals surface area (Å²) in [6.07, 6.45) is 4.15. The Balaban J connectivity index is 2.55. The smallest absolute Gasteiger partial charge is 0.251 e. The highest BCUT2D eigenvalue weighted by molar-refractivity contribution is 6.11. The van der Waals surface area contributed by atoms with E-state index < -0.39 is 0 Å². The molecule has 0 unspecified atom stereocenters. The Bertz CT molecular complexity index is 870. The molecule has 1 N–H and O–H groups in total. The number of hydrogen-bond donors (Lipinski definition) is 1. The van der Waals surface area contributed by atoms with Gasteiger partial charge in [-0.25, -0.2) is 0 Å². The third-order valence-electron chi connectivity index (χ3n) is 4.59. The summed E-state index contributed by atoms with van der Waals surface area (Å²) in [6, 6.07) is 17.9. The fourth-order valence-corrected chi connectivity index (χ4v) is 2.95. The number of allylic oxidation sites excluding steroid dienone is 5. The van der Waals surface area contributed by atoms with Gasteiger partial charge in [-0.1, -0.05) is 60.7 Å². The fraction of sp³-hybridized carbons (Fsp3) is 0.208. The maximum absolute atomic E-state index is 13.0. The molecule has 0 aliphatic carbocycles. The Hall–Kier alpha value is -2.87. The average Bonchev–Trinajstić information content (AvgIpc) is 2.67. The van der Waals surface area contributed by atoms with Gasteiger partial charge in [0.2, 0.25) is 0 Å². The van der Waals surface area contributed by atoms with Gasteiger partial charge in [0, 0.05) is 11.3 Å². The second-order valence-electron chi connectivity index (χ2n) is 6.31. The molecule has 2 rings (SSSR count). The molecule has 2 aromatic carbocycles. The Morgan fingerprint density at radius 3 is 2.08 bits per heavy atom. The van der Waals surface area contributed by atoms with E-state index in [0.29, 0.717) is 5.57 Å². The summed E-state index contributed by atoms with van der Waals surface area (Å²) in [5, 5.41) is 3.05. The van der Waals surface area contributed by atoms with E-state index in [2.05, 4.69) is 24.4 Å². The molecule has 2 nitrogen and oxygen atoms in total. The molecule has 2 aromatic rings. The van der Waals surface area contributed by atoms with E-state index in [1.165, 1.54) is 0 Å². The van der Waals surface area contributed by atoms with E-state index in [1.807, 2.05) is 82.3 Å². The molecule has 0 saturated heterocycles. The van der Waals surface area contributed by atoms with Crippen LogP contribution < -0.4 is 5.32 Å². The van der Waals surface area contributed by atoms with E-state index in [-0.39, 0.29) is 5.91 Å². The van der Waals surface area contributed by atoms with Crippen LogP contribution in [0.5, 0.6) is 0 Å².